The highest BCUT2D eigenvalue weighted by Gasteiger charge is 2.45. The summed E-state index contributed by atoms with van der Waals surface area (Å²) in [5.41, 5.74) is 10.8. The fourth-order valence-corrected chi connectivity index (χ4v) is 7.09. The Hall–Kier alpha value is -5.02. The quantitative estimate of drug-likeness (QED) is 0.229. The standard InChI is InChI=1S/C37H26N2O/c1-23-15-17-25(18-16-23)38-30-13-7-5-12-28(30)34-31(38)22-20-29-35-32(39(36(29)34)24-9-3-2-4-10-24)21-19-27-26-11-6-8-14-33(26)40-37(27)35/h2-22,32,35H,1H3. The molecule has 0 N–H and O–H groups in total. The lowest BCUT2D eigenvalue weighted by Gasteiger charge is -2.30. The lowest BCUT2D eigenvalue weighted by Crippen LogP contribution is -2.30. The van der Waals surface area contributed by atoms with Crippen LogP contribution in [0.1, 0.15) is 28.4 Å². The van der Waals surface area contributed by atoms with Crippen LogP contribution in [0, 0.1) is 6.92 Å². The van der Waals surface area contributed by atoms with Crippen molar-refractivity contribution in [2.75, 3.05) is 4.90 Å². The van der Waals surface area contributed by atoms with Gasteiger partial charge in [0.2, 0.25) is 0 Å². The molecule has 0 spiro atoms. The third kappa shape index (κ3) is 2.84. The number of benzene rings is 5. The van der Waals surface area contributed by atoms with Crippen molar-refractivity contribution in [1.82, 2.24) is 4.57 Å². The maximum Gasteiger partial charge on any atom is 0.134 e. The number of nitrogens with zero attached hydrogens (tertiary/aromatic N) is 2. The average molecular weight is 515 g/mol. The van der Waals surface area contributed by atoms with Crippen LogP contribution >= 0.6 is 0 Å². The summed E-state index contributed by atoms with van der Waals surface area (Å²) in [7, 11) is 0. The van der Waals surface area contributed by atoms with Crippen molar-refractivity contribution >= 4 is 50.2 Å². The first kappa shape index (κ1) is 21.9. The van der Waals surface area contributed by atoms with Gasteiger partial charge in [-0.1, -0.05) is 90.5 Å². The third-order valence-corrected chi connectivity index (χ3v) is 8.79. The normalized spacial score (nSPS) is 17.5. The second-order valence-corrected chi connectivity index (χ2v) is 11.0. The lowest BCUT2D eigenvalue weighted by atomic mass is 9.85. The summed E-state index contributed by atoms with van der Waals surface area (Å²) in [6.07, 6.45) is 4.66. The number of hydrogen-bond acceptors (Lipinski definition) is 2. The highest BCUT2D eigenvalue weighted by Crippen LogP contribution is 2.56. The van der Waals surface area contributed by atoms with Crippen LogP contribution in [0.15, 0.2) is 126 Å². The van der Waals surface area contributed by atoms with Gasteiger partial charge in [0.1, 0.15) is 11.3 Å². The third-order valence-electron chi connectivity index (χ3n) is 8.79. The lowest BCUT2D eigenvalue weighted by molar-refractivity contribution is 0.505. The predicted molar refractivity (Wildman–Crippen MR) is 165 cm³/mol. The van der Waals surface area contributed by atoms with E-state index in [2.05, 4.69) is 144 Å². The number of aryl methyl sites for hydroxylation is 1. The van der Waals surface area contributed by atoms with Gasteiger partial charge in [0.25, 0.3) is 0 Å². The predicted octanol–water partition coefficient (Wildman–Crippen LogP) is 9.52. The molecule has 0 saturated heterocycles. The summed E-state index contributed by atoms with van der Waals surface area (Å²) in [5.74, 6) is 1.17. The van der Waals surface area contributed by atoms with Crippen molar-refractivity contribution in [3.05, 3.63) is 144 Å². The maximum absolute atomic E-state index is 6.65. The van der Waals surface area contributed by atoms with Crippen LogP contribution in [0.2, 0.25) is 0 Å². The summed E-state index contributed by atoms with van der Waals surface area (Å²) in [6.45, 7) is 2.14. The Balaban J connectivity index is 1.40. The van der Waals surface area contributed by atoms with Gasteiger partial charge in [0.15, 0.2) is 0 Å². The van der Waals surface area contributed by atoms with Crippen LogP contribution in [0.3, 0.4) is 0 Å². The van der Waals surface area contributed by atoms with Crippen LogP contribution in [0.25, 0.3) is 44.5 Å². The van der Waals surface area contributed by atoms with Crippen molar-refractivity contribution in [2.45, 2.75) is 18.9 Å². The topological polar surface area (TPSA) is 21.3 Å². The number of hydrogen-bond donors (Lipinski definition) is 0. The highest BCUT2D eigenvalue weighted by molar-refractivity contribution is 6.17. The Morgan fingerprint density at radius 1 is 0.650 bits per heavy atom. The molecule has 2 unspecified atom stereocenters. The molecular formula is C37H26N2O. The van der Waals surface area contributed by atoms with E-state index in [1.165, 1.54) is 60.9 Å². The molecule has 2 aliphatic rings. The van der Waals surface area contributed by atoms with E-state index >= 15 is 0 Å². The zero-order chi connectivity index (χ0) is 26.4. The Labute approximate surface area is 232 Å². The minimum atomic E-state index is 0.105. The molecule has 0 bridgehead atoms. The van der Waals surface area contributed by atoms with Gasteiger partial charge in [-0.25, -0.2) is 0 Å². The molecule has 5 aromatic carbocycles. The summed E-state index contributed by atoms with van der Waals surface area (Å²) in [4.78, 5) is 2.54. The van der Waals surface area contributed by atoms with Gasteiger partial charge in [-0.15, -0.1) is 0 Å². The van der Waals surface area contributed by atoms with Crippen molar-refractivity contribution in [3.8, 4) is 5.69 Å². The summed E-state index contributed by atoms with van der Waals surface area (Å²) >= 11 is 0. The monoisotopic (exact) mass is 514 g/mol. The van der Waals surface area contributed by atoms with E-state index < -0.39 is 0 Å². The SMILES string of the molecule is Cc1ccc(-n2c3ccccc3c3c4c(ccc32)C2c3oc5ccccc5c3C=CC2N4c2ccccc2)cc1. The summed E-state index contributed by atoms with van der Waals surface area (Å²) < 4.78 is 9.06. The van der Waals surface area contributed by atoms with Gasteiger partial charge in [-0.2, -0.15) is 0 Å². The molecule has 3 nitrogen and oxygen atoms in total. The summed E-state index contributed by atoms with van der Waals surface area (Å²) in [6, 6.07) is 41.7. The van der Waals surface area contributed by atoms with E-state index in [1.807, 2.05) is 0 Å². The van der Waals surface area contributed by atoms with Crippen molar-refractivity contribution in [2.24, 2.45) is 0 Å². The van der Waals surface area contributed by atoms with Crippen LogP contribution in [0.4, 0.5) is 11.4 Å². The Morgan fingerprint density at radius 3 is 2.25 bits per heavy atom. The Kier molecular flexibility index (Phi) is 4.37. The molecule has 2 atom stereocenters. The zero-order valence-corrected chi connectivity index (χ0v) is 22.1. The second-order valence-electron chi connectivity index (χ2n) is 11.0. The number of anilines is 2. The molecule has 1 aliphatic carbocycles. The highest BCUT2D eigenvalue weighted by atomic mass is 16.3. The van der Waals surface area contributed by atoms with Gasteiger partial charge in [-0.05, 0) is 55.0 Å². The molecule has 0 saturated carbocycles. The molecule has 9 rings (SSSR count). The van der Waals surface area contributed by atoms with Crippen LogP contribution < -0.4 is 4.90 Å². The van der Waals surface area contributed by atoms with Gasteiger partial charge < -0.3 is 13.9 Å². The molecule has 0 amide bonds. The van der Waals surface area contributed by atoms with Crippen molar-refractivity contribution in [1.29, 1.82) is 0 Å². The fourth-order valence-electron chi connectivity index (χ4n) is 7.09. The van der Waals surface area contributed by atoms with E-state index in [4.69, 9.17) is 4.42 Å². The largest absolute Gasteiger partial charge is 0.460 e. The van der Waals surface area contributed by atoms with Gasteiger partial charge >= 0.3 is 0 Å². The molecule has 3 heterocycles. The minimum absolute atomic E-state index is 0.105. The van der Waals surface area contributed by atoms with Crippen LogP contribution in [-0.4, -0.2) is 10.6 Å². The molecule has 3 heteroatoms. The van der Waals surface area contributed by atoms with E-state index in [-0.39, 0.29) is 12.0 Å². The van der Waals surface area contributed by atoms with E-state index in [0.29, 0.717) is 0 Å². The fraction of sp³-hybridized carbons (Fsp3) is 0.0811. The first-order valence-electron chi connectivity index (χ1n) is 13.9. The molecule has 1 aliphatic heterocycles. The molecule has 190 valence electrons. The van der Waals surface area contributed by atoms with Gasteiger partial charge in [0, 0.05) is 33.1 Å². The Morgan fingerprint density at radius 2 is 1.40 bits per heavy atom. The van der Waals surface area contributed by atoms with Crippen LogP contribution in [-0.2, 0) is 0 Å². The van der Waals surface area contributed by atoms with Gasteiger partial charge in [0.05, 0.1) is 28.7 Å². The first-order chi connectivity index (χ1) is 19.8. The second kappa shape index (κ2) is 8.00. The number of aromatic nitrogens is 1. The number of rotatable bonds is 2. The molecular weight excluding hydrogens is 488 g/mol. The molecule has 0 fully saturated rings. The molecule has 7 aromatic rings. The molecule has 2 aromatic heterocycles. The van der Waals surface area contributed by atoms with E-state index in [1.54, 1.807) is 0 Å². The first-order valence-corrected chi connectivity index (χ1v) is 13.9. The van der Waals surface area contributed by atoms with Crippen molar-refractivity contribution < 1.29 is 4.42 Å². The molecule has 40 heavy (non-hydrogen) atoms. The molecule has 0 radical (unpaired) electrons. The van der Waals surface area contributed by atoms with E-state index in [9.17, 15) is 0 Å². The van der Waals surface area contributed by atoms with Gasteiger partial charge in [-0.3, -0.25) is 0 Å². The summed E-state index contributed by atoms with van der Waals surface area (Å²) in [5, 5.41) is 3.74. The zero-order valence-electron chi connectivity index (χ0n) is 22.1. The average Bonchev–Trinajstić information content (AvgIpc) is 3.65. The van der Waals surface area contributed by atoms with Crippen molar-refractivity contribution in [3.63, 3.8) is 0 Å². The Bertz CT molecular complexity index is 2130. The van der Waals surface area contributed by atoms with Crippen LogP contribution in [0.5, 0.6) is 0 Å². The minimum Gasteiger partial charge on any atom is -0.460 e. The smallest absolute Gasteiger partial charge is 0.134 e. The number of furan rings is 1. The maximum atomic E-state index is 6.65. The van der Waals surface area contributed by atoms with E-state index in [0.717, 1.165) is 11.3 Å². The number of para-hydroxylation sites is 3. The number of fused-ring (bicyclic) bond motifs is 11.